The molecule has 0 saturated heterocycles. The molecule has 0 aliphatic carbocycles. The minimum absolute atomic E-state index is 0.153. The summed E-state index contributed by atoms with van der Waals surface area (Å²) in [5.41, 5.74) is -0.153. The first-order valence-corrected chi connectivity index (χ1v) is 6.44. The van der Waals surface area contributed by atoms with Gasteiger partial charge in [-0.05, 0) is 32.4 Å². The number of hydrogen-bond donors (Lipinski definition) is 0. The molecule has 0 amide bonds. The van der Waals surface area contributed by atoms with Crippen molar-refractivity contribution in [3.63, 3.8) is 0 Å². The van der Waals surface area contributed by atoms with Crippen molar-refractivity contribution >= 4 is 17.4 Å². The highest BCUT2D eigenvalue weighted by molar-refractivity contribution is 6.18. The second-order valence-corrected chi connectivity index (χ2v) is 4.95. The number of nitrogens with zero attached hydrogens (tertiary/aromatic N) is 2. The van der Waals surface area contributed by atoms with Crippen LogP contribution in [0.25, 0.3) is 0 Å². The zero-order valence-corrected chi connectivity index (χ0v) is 11.8. The fourth-order valence-corrected chi connectivity index (χ4v) is 1.51. The van der Waals surface area contributed by atoms with Crippen LogP contribution in [0.15, 0.2) is 18.3 Å². The minimum atomic E-state index is -0.153. The van der Waals surface area contributed by atoms with Crippen LogP contribution in [0, 0.1) is 0 Å². The molecular formula is C13H21ClN2O. The Morgan fingerprint density at radius 3 is 2.76 bits per heavy atom. The van der Waals surface area contributed by atoms with E-state index in [4.69, 9.17) is 16.3 Å². The fourth-order valence-electron chi connectivity index (χ4n) is 1.34. The van der Waals surface area contributed by atoms with E-state index in [0.717, 1.165) is 18.0 Å². The van der Waals surface area contributed by atoms with E-state index in [1.807, 2.05) is 19.2 Å². The molecule has 0 bridgehead atoms. The Kier molecular flexibility index (Phi) is 5.06. The first-order chi connectivity index (χ1) is 8.03. The molecule has 4 heteroatoms. The molecule has 0 saturated carbocycles. The van der Waals surface area contributed by atoms with E-state index in [2.05, 4.69) is 30.7 Å². The van der Waals surface area contributed by atoms with E-state index in [9.17, 15) is 0 Å². The maximum atomic E-state index is 5.98. The third-order valence-electron chi connectivity index (χ3n) is 2.77. The summed E-state index contributed by atoms with van der Waals surface area (Å²) >= 11 is 5.98. The number of halogens is 1. The summed E-state index contributed by atoms with van der Waals surface area (Å²) in [5, 5.41) is 0. The van der Waals surface area contributed by atoms with E-state index in [-0.39, 0.29) is 5.54 Å². The quantitative estimate of drug-likeness (QED) is 0.730. The van der Waals surface area contributed by atoms with Crippen molar-refractivity contribution in [2.75, 3.05) is 24.4 Å². The van der Waals surface area contributed by atoms with Crippen molar-refractivity contribution in [2.45, 2.75) is 32.7 Å². The van der Waals surface area contributed by atoms with Crippen LogP contribution in [-0.4, -0.2) is 30.1 Å². The Morgan fingerprint density at radius 1 is 1.47 bits per heavy atom. The maximum Gasteiger partial charge on any atom is 0.171 e. The second kappa shape index (κ2) is 6.10. The Labute approximate surface area is 109 Å². The third kappa shape index (κ3) is 3.50. The first kappa shape index (κ1) is 14.1. The number of alkyl halides is 1. The largest absolute Gasteiger partial charge is 0.490 e. The molecule has 0 fully saturated rings. The summed E-state index contributed by atoms with van der Waals surface area (Å²) in [5.74, 6) is 2.19. The van der Waals surface area contributed by atoms with Crippen LogP contribution in [0.4, 0.5) is 5.82 Å². The van der Waals surface area contributed by atoms with E-state index in [0.29, 0.717) is 12.5 Å². The Hall–Kier alpha value is -0.960. The minimum Gasteiger partial charge on any atom is -0.490 e. The predicted molar refractivity (Wildman–Crippen MR) is 73.2 cm³/mol. The third-order valence-corrected chi connectivity index (χ3v) is 3.42. The summed E-state index contributed by atoms with van der Waals surface area (Å²) in [4.78, 5) is 6.45. The molecule has 1 aromatic rings. The number of hydrogen-bond acceptors (Lipinski definition) is 3. The van der Waals surface area contributed by atoms with Gasteiger partial charge in [-0.2, -0.15) is 0 Å². The van der Waals surface area contributed by atoms with Gasteiger partial charge < -0.3 is 9.64 Å². The Bertz CT molecular complexity index is 355. The molecule has 0 N–H and O–H groups in total. The molecule has 1 rings (SSSR count). The highest BCUT2D eigenvalue weighted by atomic mass is 35.5. The molecule has 0 radical (unpaired) electrons. The van der Waals surface area contributed by atoms with Crippen LogP contribution >= 0.6 is 11.6 Å². The van der Waals surface area contributed by atoms with E-state index >= 15 is 0 Å². The highest BCUT2D eigenvalue weighted by Gasteiger charge is 2.25. The summed E-state index contributed by atoms with van der Waals surface area (Å²) in [6.45, 7) is 6.95. The molecule has 1 aromatic heterocycles. The van der Waals surface area contributed by atoms with Crippen LogP contribution in [-0.2, 0) is 0 Å². The van der Waals surface area contributed by atoms with Crippen molar-refractivity contribution in [1.29, 1.82) is 0 Å². The van der Waals surface area contributed by atoms with Gasteiger partial charge in [0.05, 0.1) is 6.61 Å². The molecule has 3 nitrogen and oxygen atoms in total. The average molecular weight is 257 g/mol. The summed E-state index contributed by atoms with van der Waals surface area (Å²) < 4.78 is 5.70. The van der Waals surface area contributed by atoms with Gasteiger partial charge in [0, 0.05) is 24.7 Å². The lowest BCUT2D eigenvalue weighted by Gasteiger charge is -2.35. The van der Waals surface area contributed by atoms with Crippen molar-refractivity contribution < 1.29 is 4.74 Å². The van der Waals surface area contributed by atoms with E-state index < -0.39 is 0 Å². The maximum absolute atomic E-state index is 5.98. The van der Waals surface area contributed by atoms with Gasteiger partial charge in [0.15, 0.2) is 11.6 Å². The van der Waals surface area contributed by atoms with Gasteiger partial charge in [-0.3, -0.25) is 0 Å². The number of pyridine rings is 1. The summed E-state index contributed by atoms with van der Waals surface area (Å²) in [6.07, 6.45) is 2.76. The fraction of sp³-hybridized carbons (Fsp3) is 0.615. The van der Waals surface area contributed by atoms with Crippen molar-refractivity contribution in [2.24, 2.45) is 0 Å². The van der Waals surface area contributed by atoms with Gasteiger partial charge in [0.2, 0.25) is 0 Å². The normalized spacial score (nSPS) is 11.4. The van der Waals surface area contributed by atoms with Crippen molar-refractivity contribution in [3.05, 3.63) is 18.3 Å². The SMILES string of the molecule is CCCOc1cccnc1N(C)C(C)(C)CCl. The summed E-state index contributed by atoms with van der Waals surface area (Å²) in [6, 6.07) is 3.83. The van der Waals surface area contributed by atoms with Crippen LogP contribution < -0.4 is 9.64 Å². The van der Waals surface area contributed by atoms with Crippen LogP contribution in [0.2, 0.25) is 0 Å². The highest BCUT2D eigenvalue weighted by Crippen LogP contribution is 2.29. The predicted octanol–water partition coefficient (Wildman–Crippen LogP) is 3.32. The Balaban J connectivity index is 2.96. The van der Waals surface area contributed by atoms with Gasteiger partial charge in [0.25, 0.3) is 0 Å². The molecule has 0 aromatic carbocycles. The van der Waals surface area contributed by atoms with Gasteiger partial charge in [-0.25, -0.2) is 4.98 Å². The average Bonchev–Trinajstić information content (AvgIpc) is 2.35. The van der Waals surface area contributed by atoms with Crippen LogP contribution in [0.3, 0.4) is 0 Å². The number of rotatable bonds is 6. The van der Waals surface area contributed by atoms with Crippen molar-refractivity contribution in [1.82, 2.24) is 4.98 Å². The smallest absolute Gasteiger partial charge is 0.171 e. The van der Waals surface area contributed by atoms with E-state index in [1.165, 1.54) is 0 Å². The van der Waals surface area contributed by atoms with Gasteiger partial charge in [-0.15, -0.1) is 11.6 Å². The van der Waals surface area contributed by atoms with E-state index in [1.54, 1.807) is 6.20 Å². The summed E-state index contributed by atoms with van der Waals surface area (Å²) in [7, 11) is 1.99. The molecule has 17 heavy (non-hydrogen) atoms. The molecule has 0 atom stereocenters. The van der Waals surface area contributed by atoms with Gasteiger partial charge in [-0.1, -0.05) is 6.92 Å². The number of ether oxygens (including phenoxy) is 1. The molecule has 96 valence electrons. The molecule has 1 heterocycles. The molecule has 0 aliphatic heterocycles. The first-order valence-electron chi connectivity index (χ1n) is 5.90. The lowest BCUT2D eigenvalue weighted by molar-refractivity contribution is 0.315. The second-order valence-electron chi connectivity index (χ2n) is 4.68. The standard InChI is InChI=1S/C13H21ClN2O/c1-5-9-17-11-7-6-8-15-12(11)16(4)13(2,3)10-14/h6-8H,5,9-10H2,1-4H3. The van der Waals surface area contributed by atoms with Gasteiger partial charge in [0.1, 0.15) is 0 Å². The molecular weight excluding hydrogens is 236 g/mol. The lowest BCUT2D eigenvalue weighted by atomic mass is 10.1. The molecule has 0 aliphatic rings. The van der Waals surface area contributed by atoms with Gasteiger partial charge >= 0.3 is 0 Å². The van der Waals surface area contributed by atoms with Crippen LogP contribution in [0.5, 0.6) is 5.75 Å². The lowest BCUT2D eigenvalue weighted by Crippen LogP contribution is -2.43. The molecule has 0 spiro atoms. The topological polar surface area (TPSA) is 25.4 Å². The zero-order valence-electron chi connectivity index (χ0n) is 11.0. The van der Waals surface area contributed by atoms with Crippen molar-refractivity contribution in [3.8, 4) is 5.75 Å². The zero-order chi connectivity index (χ0) is 12.9. The number of aromatic nitrogens is 1. The number of anilines is 1. The monoisotopic (exact) mass is 256 g/mol. The van der Waals surface area contributed by atoms with Crippen LogP contribution in [0.1, 0.15) is 27.2 Å². The molecule has 0 unspecified atom stereocenters. The Morgan fingerprint density at radius 2 is 2.18 bits per heavy atom.